The highest BCUT2D eigenvalue weighted by molar-refractivity contribution is 7.89. The fraction of sp³-hybridized carbons (Fsp3) is 0.455. The number of anilines is 1. The van der Waals surface area contributed by atoms with Gasteiger partial charge in [0.15, 0.2) is 0 Å². The summed E-state index contributed by atoms with van der Waals surface area (Å²) in [6, 6.07) is 6.26. The van der Waals surface area contributed by atoms with Crippen molar-refractivity contribution in [1.82, 2.24) is 23.9 Å². The molecule has 1 saturated heterocycles. The number of aromatic nitrogens is 4. The van der Waals surface area contributed by atoms with E-state index in [1.807, 2.05) is 27.7 Å². The van der Waals surface area contributed by atoms with Gasteiger partial charge in [0, 0.05) is 36.6 Å². The lowest BCUT2D eigenvalue weighted by molar-refractivity contribution is -0.116. The van der Waals surface area contributed by atoms with E-state index >= 15 is 0 Å². The van der Waals surface area contributed by atoms with Crippen molar-refractivity contribution < 1.29 is 17.9 Å². The first-order valence-electron chi connectivity index (χ1n) is 10.9. The number of ether oxygens (including phenoxy) is 1. The number of nitrogens with one attached hydrogen (secondary N) is 1. The molecule has 4 rings (SSSR count). The average molecular weight is 473 g/mol. The Balaban J connectivity index is 1.39. The minimum atomic E-state index is -3.62. The van der Waals surface area contributed by atoms with Crippen molar-refractivity contribution in [2.45, 2.75) is 57.6 Å². The Labute approximate surface area is 193 Å². The van der Waals surface area contributed by atoms with E-state index < -0.39 is 10.0 Å². The second-order valence-corrected chi connectivity index (χ2v) is 10.3. The lowest BCUT2D eigenvalue weighted by Gasteiger charge is -2.34. The number of fused-ring (bicyclic) bond motifs is 1. The molecule has 1 aliphatic rings. The van der Waals surface area contributed by atoms with Gasteiger partial charge in [0.2, 0.25) is 15.9 Å². The van der Waals surface area contributed by atoms with Crippen LogP contribution in [0.15, 0.2) is 35.5 Å². The third-order valence-electron chi connectivity index (χ3n) is 5.75. The summed E-state index contributed by atoms with van der Waals surface area (Å²) < 4.78 is 34.7. The number of benzene rings is 1. The first-order valence-corrected chi connectivity index (χ1v) is 12.3. The van der Waals surface area contributed by atoms with Crippen molar-refractivity contribution in [3.63, 3.8) is 0 Å². The zero-order valence-electron chi connectivity index (χ0n) is 19.1. The molecular weight excluding hydrogens is 444 g/mol. The smallest absolute Gasteiger partial charge is 0.252 e. The maximum atomic E-state index is 13.0. The maximum Gasteiger partial charge on any atom is 0.252 e. The zero-order chi connectivity index (χ0) is 23.8. The molecule has 0 saturated carbocycles. The van der Waals surface area contributed by atoms with Gasteiger partial charge >= 0.3 is 0 Å². The molecule has 176 valence electrons. The summed E-state index contributed by atoms with van der Waals surface area (Å²) in [6.07, 6.45) is 1.90. The minimum Gasteiger partial charge on any atom is -0.373 e. The molecule has 33 heavy (non-hydrogen) atoms. The fourth-order valence-electron chi connectivity index (χ4n) is 4.17. The Kier molecular flexibility index (Phi) is 6.46. The molecule has 0 spiro atoms. The molecule has 11 heteroatoms. The largest absolute Gasteiger partial charge is 0.373 e. The third kappa shape index (κ3) is 4.90. The lowest BCUT2D eigenvalue weighted by atomic mass is 10.1. The summed E-state index contributed by atoms with van der Waals surface area (Å²) in [7, 11) is -3.62. The number of nitrogens with zero attached hydrogens (tertiary/aromatic N) is 5. The zero-order valence-corrected chi connectivity index (χ0v) is 20.0. The second-order valence-electron chi connectivity index (χ2n) is 8.38. The monoisotopic (exact) mass is 472 g/mol. The molecule has 0 radical (unpaired) electrons. The van der Waals surface area contributed by atoms with Crippen LogP contribution in [0.2, 0.25) is 0 Å². The number of sulfonamides is 1. The van der Waals surface area contributed by atoms with Gasteiger partial charge in [-0.25, -0.2) is 17.9 Å². The highest BCUT2D eigenvalue weighted by Crippen LogP contribution is 2.23. The van der Waals surface area contributed by atoms with Crippen molar-refractivity contribution in [3.05, 3.63) is 47.5 Å². The SMILES string of the molecule is Cc1nc2ncnn2c(C)c1CCC(=O)Nc1ccc(S(=O)(=O)N2CC(C)OC(C)C2)cc1. The van der Waals surface area contributed by atoms with Crippen LogP contribution in [0.5, 0.6) is 0 Å². The van der Waals surface area contributed by atoms with Crippen molar-refractivity contribution in [1.29, 1.82) is 0 Å². The minimum absolute atomic E-state index is 0.158. The van der Waals surface area contributed by atoms with E-state index in [0.29, 0.717) is 31.0 Å². The predicted octanol–water partition coefficient (Wildman–Crippen LogP) is 2.11. The normalized spacial score (nSPS) is 19.6. The summed E-state index contributed by atoms with van der Waals surface area (Å²) in [4.78, 5) is 21.2. The summed E-state index contributed by atoms with van der Waals surface area (Å²) >= 11 is 0. The number of amides is 1. The van der Waals surface area contributed by atoms with Crippen LogP contribution in [0.1, 0.15) is 37.2 Å². The van der Waals surface area contributed by atoms with E-state index in [2.05, 4.69) is 20.4 Å². The molecule has 1 aromatic carbocycles. The Bertz CT molecular complexity index is 1260. The number of carbonyl (C=O) groups excluding carboxylic acids is 1. The van der Waals surface area contributed by atoms with E-state index in [0.717, 1.165) is 17.0 Å². The highest BCUT2D eigenvalue weighted by atomic mass is 32.2. The van der Waals surface area contributed by atoms with Crippen LogP contribution >= 0.6 is 0 Å². The number of hydrogen-bond acceptors (Lipinski definition) is 7. The maximum absolute atomic E-state index is 13.0. The van der Waals surface area contributed by atoms with Gasteiger partial charge in [-0.3, -0.25) is 4.79 Å². The summed E-state index contributed by atoms with van der Waals surface area (Å²) in [5.74, 6) is 0.369. The molecule has 2 aromatic heterocycles. The Hall–Kier alpha value is -2.89. The van der Waals surface area contributed by atoms with Crippen LogP contribution in [0, 0.1) is 13.8 Å². The van der Waals surface area contributed by atoms with Gasteiger partial charge in [-0.15, -0.1) is 0 Å². The molecule has 3 aromatic rings. The molecular formula is C22H28N6O4S. The van der Waals surface area contributed by atoms with E-state index in [4.69, 9.17) is 4.74 Å². The van der Waals surface area contributed by atoms with Gasteiger partial charge < -0.3 is 10.1 Å². The van der Waals surface area contributed by atoms with Crippen LogP contribution in [-0.2, 0) is 26.0 Å². The van der Waals surface area contributed by atoms with Gasteiger partial charge in [0.05, 0.1) is 17.1 Å². The van der Waals surface area contributed by atoms with Crippen LogP contribution in [0.25, 0.3) is 5.78 Å². The van der Waals surface area contributed by atoms with Crippen molar-refractivity contribution in [2.75, 3.05) is 18.4 Å². The molecule has 0 bridgehead atoms. The Morgan fingerprint density at radius 2 is 1.82 bits per heavy atom. The number of rotatable bonds is 6. The van der Waals surface area contributed by atoms with Crippen molar-refractivity contribution in [2.24, 2.45) is 0 Å². The molecule has 1 N–H and O–H groups in total. The van der Waals surface area contributed by atoms with Gasteiger partial charge in [0.25, 0.3) is 5.78 Å². The van der Waals surface area contributed by atoms with Gasteiger partial charge in [-0.2, -0.15) is 14.4 Å². The molecule has 2 atom stereocenters. The summed E-state index contributed by atoms with van der Waals surface area (Å²) in [5.41, 5.74) is 3.23. The number of hydrogen-bond donors (Lipinski definition) is 1. The summed E-state index contributed by atoms with van der Waals surface area (Å²) in [6.45, 7) is 8.18. The molecule has 0 aliphatic carbocycles. The molecule has 3 heterocycles. The van der Waals surface area contributed by atoms with Crippen LogP contribution in [0.4, 0.5) is 5.69 Å². The Morgan fingerprint density at radius 3 is 2.48 bits per heavy atom. The van der Waals surface area contributed by atoms with E-state index in [-0.39, 0.29) is 29.4 Å². The van der Waals surface area contributed by atoms with Crippen LogP contribution < -0.4 is 5.32 Å². The van der Waals surface area contributed by atoms with Gasteiger partial charge in [0.1, 0.15) is 6.33 Å². The quantitative estimate of drug-likeness (QED) is 0.584. The molecule has 1 fully saturated rings. The first-order chi connectivity index (χ1) is 15.6. The van der Waals surface area contributed by atoms with E-state index in [1.165, 1.54) is 22.8 Å². The lowest BCUT2D eigenvalue weighted by Crippen LogP contribution is -2.48. The van der Waals surface area contributed by atoms with E-state index in [1.54, 1.807) is 16.6 Å². The molecule has 2 unspecified atom stereocenters. The number of aryl methyl sites for hydroxylation is 2. The predicted molar refractivity (Wildman–Crippen MR) is 122 cm³/mol. The number of carbonyl (C=O) groups is 1. The Morgan fingerprint density at radius 1 is 1.15 bits per heavy atom. The van der Waals surface area contributed by atoms with E-state index in [9.17, 15) is 13.2 Å². The van der Waals surface area contributed by atoms with Gasteiger partial charge in [-0.05, 0) is 63.9 Å². The molecule has 1 aliphatic heterocycles. The van der Waals surface area contributed by atoms with Crippen LogP contribution in [0.3, 0.4) is 0 Å². The average Bonchev–Trinajstić information content (AvgIpc) is 3.22. The van der Waals surface area contributed by atoms with Crippen molar-refractivity contribution in [3.8, 4) is 0 Å². The molecule has 1 amide bonds. The second kappa shape index (κ2) is 9.16. The first kappa shape index (κ1) is 23.3. The highest BCUT2D eigenvalue weighted by Gasteiger charge is 2.32. The number of morpholine rings is 1. The standard InChI is InChI=1S/C22H28N6O4S/c1-14-11-27(12-15(2)32-14)33(30,31)19-7-5-18(6-8-19)26-21(29)10-9-20-16(3)25-22-23-13-24-28(22)17(20)4/h5-8,13-15H,9-12H2,1-4H3,(H,26,29). The topological polar surface area (TPSA) is 119 Å². The van der Waals surface area contributed by atoms with Crippen LogP contribution in [-0.4, -0.2) is 63.5 Å². The van der Waals surface area contributed by atoms with Crippen molar-refractivity contribution >= 4 is 27.4 Å². The molecule has 10 nitrogen and oxygen atoms in total. The summed E-state index contributed by atoms with van der Waals surface area (Å²) in [5, 5.41) is 7.00. The van der Waals surface area contributed by atoms with Gasteiger partial charge in [-0.1, -0.05) is 0 Å². The fourth-order valence-corrected chi connectivity index (χ4v) is 5.76. The third-order valence-corrected chi connectivity index (χ3v) is 7.60.